The van der Waals surface area contributed by atoms with Gasteiger partial charge in [0.25, 0.3) is 20.0 Å². The van der Waals surface area contributed by atoms with Crippen LogP contribution in [0.25, 0.3) is 0 Å². The second-order valence-electron chi connectivity index (χ2n) is 5.42. The van der Waals surface area contributed by atoms with Crippen molar-refractivity contribution in [2.24, 2.45) is 0 Å². The Morgan fingerprint density at radius 1 is 0.679 bits per heavy atom. The lowest BCUT2D eigenvalue weighted by Gasteiger charge is -2.18. The maximum Gasteiger partial charge on any atom is 0.337 e. The van der Waals surface area contributed by atoms with Crippen molar-refractivity contribution in [1.82, 2.24) is 3.71 Å². The third-order valence-electron chi connectivity index (χ3n) is 3.82. The molecule has 2 aromatic carbocycles. The summed E-state index contributed by atoms with van der Waals surface area (Å²) in [6.45, 7) is 0. The molecule has 2 rings (SSSR count). The Labute approximate surface area is 162 Å². The molecule has 0 aliphatic carbocycles. The van der Waals surface area contributed by atoms with Crippen molar-refractivity contribution in [1.29, 1.82) is 0 Å². The van der Waals surface area contributed by atoms with E-state index in [-0.39, 0.29) is 24.6 Å². The van der Waals surface area contributed by atoms with Gasteiger partial charge in [0.1, 0.15) is 0 Å². The zero-order valence-electron chi connectivity index (χ0n) is 15.1. The Morgan fingerprint density at radius 2 is 0.964 bits per heavy atom. The molecule has 0 saturated carbocycles. The van der Waals surface area contributed by atoms with E-state index in [9.17, 15) is 26.4 Å². The predicted molar refractivity (Wildman–Crippen MR) is 97.7 cm³/mol. The fourth-order valence-corrected chi connectivity index (χ4v) is 5.29. The number of methoxy groups -OCH3 is 2. The van der Waals surface area contributed by atoms with E-state index in [1.165, 1.54) is 38.5 Å². The van der Waals surface area contributed by atoms with Crippen LogP contribution in [0.4, 0.5) is 0 Å². The van der Waals surface area contributed by atoms with Crippen molar-refractivity contribution in [2.75, 3.05) is 21.3 Å². The Morgan fingerprint density at radius 3 is 1.21 bits per heavy atom. The van der Waals surface area contributed by atoms with Gasteiger partial charge < -0.3 is 9.47 Å². The van der Waals surface area contributed by atoms with Gasteiger partial charge in [-0.15, -0.1) is 0 Å². The van der Waals surface area contributed by atoms with E-state index < -0.39 is 32.0 Å². The highest BCUT2D eigenvalue weighted by Gasteiger charge is 2.33. The van der Waals surface area contributed by atoms with Gasteiger partial charge in [0, 0.05) is 7.05 Å². The number of ether oxygens (including phenoxy) is 2. The molecule has 0 aliphatic rings. The molecule has 0 saturated heterocycles. The first-order chi connectivity index (χ1) is 13.1. The van der Waals surface area contributed by atoms with Crippen LogP contribution >= 0.6 is 0 Å². The molecule has 9 nitrogen and oxygen atoms in total. The van der Waals surface area contributed by atoms with Crippen LogP contribution < -0.4 is 0 Å². The minimum atomic E-state index is -4.42. The van der Waals surface area contributed by atoms with Crippen LogP contribution in [0, 0.1) is 0 Å². The predicted octanol–water partition coefficient (Wildman–Crippen LogP) is 1.27. The summed E-state index contributed by atoms with van der Waals surface area (Å²) in [5.41, 5.74) is 0.232. The van der Waals surface area contributed by atoms with E-state index in [0.717, 1.165) is 31.3 Å². The van der Waals surface area contributed by atoms with Crippen molar-refractivity contribution in [3.63, 3.8) is 0 Å². The lowest BCUT2D eigenvalue weighted by Crippen LogP contribution is -2.33. The lowest BCUT2D eigenvalue weighted by atomic mass is 10.2. The zero-order chi connectivity index (χ0) is 21.1. The number of carbonyl (C=O) groups is 2. The molecule has 0 aromatic heterocycles. The largest absolute Gasteiger partial charge is 0.465 e. The summed E-state index contributed by atoms with van der Waals surface area (Å²) in [5.74, 6) is -1.31. The van der Waals surface area contributed by atoms with Crippen LogP contribution in [0.5, 0.6) is 0 Å². The van der Waals surface area contributed by atoms with Crippen LogP contribution in [0.2, 0.25) is 0 Å². The SMILES string of the molecule is COC(=O)c1ccc(S(=O)(=O)N(C)S(=O)(=O)c2ccc(C(=O)OC)cc2)cc1. The molecule has 0 radical (unpaired) electrons. The summed E-state index contributed by atoms with van der Waals surface area (Å²) in [7, 11) is -5.59. The van der Waals surface area contributed by atoms with Gasteiger partial charge in [0.05, 0.1) is 35.1 Å². The summed E-state index contributed by atoms with van der Waals surface area (Å²) in [6.07, 6.45) is 0. The number of benzene rings is 2. The van der Waals surface area contributed by atoms with E-state index in [1.807, 2.05) is 0 Å². The number of esters is 2. The summed E-state index contributed by atoms with van der Waals surface area (Å²) < 4.78 is 60.0. The molecule has 0 fully saturated rings. The number of hydrogen-bond acceptors (Lipinski definition) is 8. The minimum Gasteiger partial charge on any atom is -0.465 e. The molecule has 0 spiro atoms. The zero-order valence-corrected chi connectivity index (χ0v) is 16.8. The molecule has 11 heteroatoms. The van der Waals surface area contributed by atoms with Crippen molar-refractivity contribution in [3.8, 4) is 0 Å². The monoisotopic (exact) mass is 427 g/mol. The normalized spacial score (nSPS) is 11.9. The molecule has 0 bridgehead atoms. The molecule has 0 atom stereocenters. The van der Waals surface area contributed by atoms with Crippen LogP contribution in [0.1, 0.15) is 20.7 Å². The fraction of sp³-hybridized carbons (Fsp3) is 0.176. The van der Waals surface area contributed by atoms with Gasteiger partial charge in [-0.3, -0.25) is 0 Å². The number of nitrogens with zero attached hydrogens (tertiary/aromatic N) is 1. The third kappa shape index (κ3) is 4.06. The average molecular weight is 427 g/mol. The van der Waals surface area contributed by atoms with Gasteiger partial charge in [0.2, 0.25) is 0 Å². The van der Waals surface area contributed by atoms with Gasteiger partial charge in [0.15, 0.2) is 0 Å². The van der Waals surface area contributed by atoms with Gasteiger partial charge in [-0.1, -0.05) is 3.71 Å². The smallest absolute Gasteiger partial charge is 0.337 e. The Hall–Kier alpha value is -2.76. The molecular formula is C17H17NO8S2. The van der Waals surface area contributed by atoms with Crippen LogP contribution in [0.15, 0.2) is 58.3 Å². The van der Waals surface area contributed by atoms with Crippen molar-refractivity contribution in [2.45, 2.75) is 9.79 Å². The van der Waals surface area contributed by atoms with Gasteiger partial charge in [-0.2, -0.15) is 0 Å². The standard InChI is InChI=1S/C17H17NO8S2/c1-18(27(21,22)14-8-4-12(5-9-14)16(19)25-2)28(23,24)15-10-6-13(7-11-15)17(20)26-3/h4-11H,1-3H3. The highest BCUT2D eigenvalue weighted by atomic mass is 32.3. The molecule has 0 aliphatic heterocycles. The van der Waals surface area contributed by atoms with Crippen LogP contribution in [-0.2, 0) is 29.5 Å². The topological polar surface area (TPSA) is 124 Å². The summed E-state index contributed by atoms with van der Waals surface area (Å²) in [5, 5.41) is 0. The maximum absolute atomic E-state index is 12.7. The fourth-order valence-electron chi connectivity index (χ4n) is 2.19. The summed E-state index contributed by atoms with van der Waals surface area (Å²) in [4.78, 5) is 22.2. The number of rotatable bonds is 6. The van der Waals surface area contributed by atoms with Crippen LogP contribution in [-0.4, -0.2) is 53.8 Å². The van der Waals surface area contributed by atoms with E-state index in [1.54, 1.807) is 0 Å². The quantitative estimate of drug-likeness (QED) is 0.631. The molecular weight excluding hydrogens is 410 g/mol. The highest BCUT2D eigenvalue weighted by Crippen LogP contribution is 2.23. The highest BCUT2D eigenvalue weighted by molar-refractivity contribution is 8.04. The first-order valence-corrected chi connectivity index (χ1v) is 10.5. The maximum atomic E-state index is 12.7. The van der Waals surface area contributed by atoms with Gasteiger partial charge in [-0.25, -0.2) is 26.4 Å². The first kappa shape index (κ1) is 21.5. The molecule has 0 unspecified atom stereocenters. The van der Waals surface area contributed by atoms with Gasteiger partial charge >= 0.3 is 11.9 Å². The second-order valence-corrected chi connectivity index (χ2v) is 9.59. The lowest BCUT2D eigenvalue weighted by molar-refractivity contribution is 0.0592. The van der Waals surface area contributed by atoms with E-state index in [2.05, 4.69) is 9.47 Å². The molecule has 28 heavy (non-hydrogen) atoms. The Balaban J connectivity index is 2.37. The first-order valence-electron chi connectivity index (χ1n) is 7.66. The molecule has 0 N–H and O–H groups in total. The minimum absolute atomic E-state index is 0.116. The summed E-state index contributed by atoms with van der Waals surface area (Å²) >= 11 is 0. The Bertz CT molecular complexity index is 999. The molecule has 0 heterocycles. The molecule has 2 aromatic rings. The van der Waals surface area contributed by atoms with E-state index >= 15 is 0 Å². The van der Waals surface area contributed by atoms with E-state index in [4.69, 9.17) is 0 Å². The average Bonchev–Trinajstić information content (AvgIpc) is 2.72. The van der Waals surface area contributed by atoms with Crippen molar-refractivity contribution >= 4 is 32.0 Å². The van der Waals surface area contributed by atoms with Crippen molar-refractivity contribution in [3.05, 3.63) is 59.7 Å². The van der Waals surface area contributed by atoms with Crippen molar-refractivity contribution < 1.29 is 35.9 Å². The van der Waals surface area contributed by atoms with Crippen LogP contribution in [0.3, 0.4) is 0 Å². The summed E-state index contributed by atoms with van der Waals surface area (Å²) in [6, 6.07) is 9.27. The van der Waals surface area contributed by atoms with Gasteiger partial charge in [-0.05, 0) is 48.5 Å². The second kappa shape index (κ2) is 8.09. The molecule has 0 amide bonds. The van der Waals surface area contributed by atoms with E-state index in [0.29, 0.717) is 0 Å². The number of carbonyl (C=O) groups excluding carboxylic acids is 2. The number of hydrogen-bond donors (Lipinski definition) is 0. The number of sulfonamides is 2. The molecule has 150 valence electrons. The Kier molecular flexibility index (Phi) is 6.22. The third-order valence-corrected chi connectivity index (χ3v) is 8.09.